The number of carbonyl (C=O) groups is 1. The molecule has 1 aromatic carbocycles. The molecule has 1 fully saturated rings. The average Bonchev–Trinajstić information content (AvgIpc) is 2.90. The van der Waals surface area contributed by atoms with Crippen LogP contribution in [0.25, 0.3) is 0 Å². The highest BCUT2D eigenvalue weighted by Gasteiger charge is 2.18. The number of halogens is 1. The minimum Gasteiger partial charge on any atom is -0.341 e. The molecule has 1 saturated heterocycles. The van der Waals surface area contributed by atoms with Crippen molar-refractivity contribution in [3.05, 3.63) is 68.7 Å². The summed E-state index contributed by atoms with van der Waals surface area (Å²) in [5, 5.41) is 0. The Morgan fingerprint density at radius 1 is 1.04 bits per heavy atom. The van der Waals surface area contributed by atoms with Gasteiger partial charge in [-0.25, -0.2) is 9.18 Å². The second kappa shape index (κ2) is 8.12. The molecule has 0 bridgehead atoms. The van der Waals surface area contributed by atoms with Crippen LogP contribution in [-0.4, -0.2) is 33.0 Å². The van der Waals surface area contributed by atoms with E-state index in [-0.39, 0.29) is 24.8 Å². The maximum atomic E-state index is 13.3. The topological polar surface area (TPSA) is 64.3 Å². The Morgan fingerprint density at radius 3 is 2.46 bits per heavy atom. The van der Waals surface area contributed by atoms with Crippen LogP contribution in [0.15, 0.2) is 46.1 Å². The highest BCUT2D eigenvalue weighted by molar-refractivity contribution is 5.76. The van der Waals surface area contributed by atoms with Crippen LogP contribution < -0.4 is 11.2 Å². The third-order valence-corrected chi connectivity index (χ3v) is 4.63. The summed E-state index contributed by atoms with van der Waals surface area (Å²) in [6.07, 6.45) is 5.45. The van der Waals surface area contributed by atoms with Crippen molar-refractivity contribution in [2.75, 3.05) is 13.1 Å². The fourth-order valence-corrected chi connectivity index (χ4v) is 3.21. The molecule has 0 radical (unpaired) electrons. The number of rotatable bonds is 4. The number of carbonyl (C=O) groups excluding carboxylic acids is 1. The van der Waals surface area contributed by atoms with Crippen LogP contribution in [0.2, 0.25) is 0 Å². The van der Waals surface area contributed by atoms with Gasteiger partial charge in [-0.2, -0.15) is 0 Å². The zero-order valence-electron chi connectivity index (χ0n) is 14.6. The fraction of sp³-hybridized carbons (Fsp3) is 0.421. The van der Waals surface area contributed by atoms with E-state index in [2.05, 4.69) is 0 Å². The van der Waals surface area contributed by atoms with Gasteiger partial charge in [0.2, 0.25) is 5.91 Å². The van der Waals surface area contributed by atoms with E-state index in [0.29, 0.717) is 18.7 Å². The first-order valence-corrected chi connectivity index (χ1v) is 8.87. The van der Waals surface area contributed by atoms with E-state index in [1.54, 1.807) is 17.0 Å². The van der Waals surface area contributed by atoms with E-state index in [9.17, 15) is 18.8 Å². The molecule has 3 rings (SSSR count). The van der Waals surface area contributed by atoms with E-state index < -0.39 is 11.2 Å². The molecular formula is C19H22FN3O3. The SMILES string of the molecule is O=C(Cn1c(=O)ccn(Cc2cccc(F)c2)c1=O)N1CCCCCC1. The lowest BCUT2D eigenvalue weighted by atomic mass is 10.2. The van der Waals surface area contributed by atoms with Crippen LogP contribution in [0.4, 0.5) is 4.39 Å². The normalized spacial score (nSPS) is 14.9. The van der Waals surface area contributed by atoms with Crippen LogP contribution in [0, 0.1) is 5.82 Å². The quantitative estimate of drug-likeness (QED) is 0.833. The predicted molar refractivity (Wildman–Crippen MR) is 95.5 cm³/mol. The van der Waals surface area contributed by atoms with Crippen molar-refractivity contribution in [1.29, 1.82) is 0 Å². The molecule has 2 heterocycles. The number of likely N-dealkylation sites (tertiary alicyclic amines) is 1. The Bertz CT molecular complexity index is 895. The minimum atomic E-state index is -0.565. The molecule has 0 N–H and O–H groups in total. The summed E-state index contributed by atoms with van der Waals surface area (Å²) in [7, 11) is 0. The van der Waals surface area contributed by atoms with Gasteiger partial charge in [-0.3, -0.25) is 18.7 Å². The third kappa shape index (κ3) is 4.28. The van der Waals surface area contributed by atoms with Crippen LogP contribution in [0.5, 0.6) is 0 Å². The molecule has 1 aromatic heterocycles. The van der Waals surface area contributed by atoms with Crippen molar-refractivity contribution in [1.82, 2.24) is 14.0 Å². The second-order valence-corrected chi connectivity index (χ2v) is 6.58. The smallest absolute Gasteiger partial charge is 0.331 e. The highest BCUT2D eigenvalue weighted by Crippen LogP contribution is 2.10. The van der Waals surface area contributed by atoms with Crippen LogP contribution in [0.1, 0.15) is 31.2 Å². The van der Waals surface area contributed by atoms with Crippen LogP contribution >= 0.6 is 0 Å². The van der Waals surface area contributed by atoms with Crippen LogP contribution in [0.3, 0.4) is 0 Å². The van der Waals surface area contributed by atoms with Crippen LogP contribution in [-0.2, 0) is 17.9 Å². The molecule has 26 heavy (non-hydrogen) atoms. The molecule has 7 heteroatoms. The standard InChI is InChI=1S/C19H22FN3O3/c20-16-7-5-6-15(12-16)13-22-11-8-17(24)23(19(22)26)14-18(25)21-9-3-1-2-4-10-21/h5-8,11-12H,1-4,9-10,13-14H2. The number of hydrogen-bond donors (Lipinski definition) is 0. The summed E-state index contributed by atoms with van der Waals surface area (Å²) in [4.78, 5) is 39.0. The van der Waals surface area contributed by atoms with Gasteiger partial charge in [0.25, 0.3) is 5.56 Å². The first-order valence-electron chi connectivity index (χ1n) is 8.87. The van der Waals surface area contributed by atoms with E-state index in [1.807, 2.05) is 0 Å². The van der Waals surface area contributed by atoms with Gasteiger partial charge in [-0.05, 0) is 30.5 Å². The Kier molecular flexibility index (Phi) is 5.65. The van der Waals surface area contributed by atoms with Gasteiger partial charge < -0.3 is 4.90 Å². The van der Waals surface area contributed by atoms with Gasteiger partial charge in [-0.15, -0.1) is 0 Å². The summed E-state index contributed by atoms with van der Waals surface area (Å²) in [5.41, 5.74) is -0.463. The molecule has 138 valence electrons. The van der Waals surface area contributed by atoms with Crippen molar-refractivity contribution in [3.8, 4) is 0 Å². The summed E-state index contributed by atoms with van der Waals surface area (Å²) in [5.74, 6) is -0.602. The zero-order chi connectivity index (χ0) is 18.5. The molecular weight excluding hydrogens is 337 g/mol. The van der Waals surface area contributed by atoms with Gasteiger partial charge >= 0.3 is 5.69 Å². The lowest BCUT2D eigenvalue weighted by Gasteiger charge is -2.20. The molecule has 6 nitrogen and oxygen atoms in total. The summed E-state index contributed by atoms with van der Waals surface area (Å²) >= 11 is 0. The molecule has 1 aliphatic heterocycles. The van der Waals surface area contributed by atoms with E-state index >= 15 is 0 Å². The molecule has 0 saturated carbocycles. The molecule has 0 atom stereocenters. The molecule has 2 aromatic rings. The predicted octanol–water partition coefficient (Wildman–Crippen LogP) is 1.60. The molecule has 0 spiro atoms. The molecule has 1 aliphatic rings. The number of amides is 1. The summed E-state index contributed by atoms with van der Waals surface area (Å²) in [6.45, 7) is 1.20. The Hall–Kier alpha value is -2.70. The summed E-state index contributed by atoms with van der Waals surface area (Å²) in [6, 6.07) is 7.19. The van der Waals surface area contributed by atoms with Gasteiger partial charge in [0.15, 0.2) is 0 Å². The van der Waals surface area contributed by atoms with E-state index in [0.717, 1.165) is 30.3 Å². The first-order chi connectivity index (χ1) is 12.5. The highest BCUT2D eigenvalue weighted by atomic mass is 19.1. The second-order valence-electron chi connectivity index (χ2n) is 6.58. The Morgan fingerprint density at radius 2 is 1.77 bits per heavy atom. The van der Waals surface area contributed by atoms with Gasteiger partial charge in [-0.1, -0.05) is 25.0 Å². The monoisotopic (exact) mass is 359 g/mol. The average molecular weight is 359 g/mol. The van der Waals surface area contributed by atoms with Crippen molar-refractivity contribution in [3.63, 3.8) is 0 Å². The van der Waals surface area contributed by atoms with Gasteiger partial charge in [0.1, 0.15) is 12.4 Å². The van der Waals surface area contributed by atoms with E-state index in [1.165, 1.54) is 29.0 Å². The lowest BCUT2D eigenvalue weighted by molar-refractivity contribution is -0.131. The number of hydrogen-bond acceptors (Lipinski definition) is 3. The van der Waals surface area contributed by atoms with Gasteiger partial charge in [0.05, 0.1) is 6.54 Å². The Balaban J connectivity index is 1.82. The Labute approximate surface area is 150 Å². The molecule has 0 unspecified atom stereocenters. The molecule has 0 aliphatic carbocycles. The van der Waals surface area contributed by atoms with Gasteiger partial charge in [0, 0.05) is 25.4 Å². The largest absolute Gasteiger partial charge is 0.341 e. The number of nitrogens with zero attached hydrogens (tertiary/aromatic N) is 3. The number of benzene rings is 1. The van der Waals surface area contributed by atoms with Crippen molar-refractivity contribution in [2.24, 2.45) is 0 Å². The van der Waals surface area contributed by atoms with Crippen molar-refractivity contribution in [2.45, 2.75) is 38.8 Å². The third-order valence-electron chi connectivity index (χ3n) is 4.63. The van der Waals surface area contributed by atoms with E-state index in [4.69, 9.17) is 0 Å². The van der Waals surface area contributed by atoms with Crippen molar-refractivity contribution < 1.29 is 9.18 Å². The maximum Gasteiger partial charge on any atom is 0.331 e. The maximum absolute atomic E-state index is 13.3. The lowest BCUT2D eigenvalue weighted by Crippen LogP contribution is -2.44. The number of aromatic nitrogens is 2. The fourth-order valence-electron chi connectivity index (χ4n) is 3.21. The zero-order valence-corrected chi connectivity index (χ0v) is 14.6. The first kappa shape index (κ1) is 18.1. The summed E-state index contributed by atoms with van der Waals surface area (Å²) < 4.78 is 15.6. The minimum absolute atomic E-state index is 0.134. The van der Waals surface area contributed by atoms with Crippen molar-refractivity contribution >= 4 is 5.91 Å². The molecule has 1 amide bonds.